The Kier molecular flexibility index (Phi) is 4.08. The molecule has 2 aromatic rings. The van der Waals surface area contributed by atoms with Crippen molar-refractivity contribution in [3.05, 3.63) is 21.9 Å². The Hall–Kier alpha value is -1.58. The lowest BCUT2D eigenvalue weighted by Crippen LogP contribution is -2.19. The van der Waals surface area contributed by atoms with E-state index in [0.717, 1.165) is 10.7 Å². The largest absolute Gasteiger partial charge is 0.465 e. The third-order valence-corrected chi connectivity index (χ3v) is 3.95. The fraction of sp³-hybridized carbons (Fsp3) is 0.417. The smallest absolute Gasteiger partial charge is 0.323 e. The quantitative estimate of drug-likeness (QED) is 0.814. The second-order valence-corrected chi connectivity index (χ2v) is 5.18. The topological polar surface area (TPSA) is 67.4 Å². The van der Waals surface area contributed by atoms with E-state index in [4.69, 9.17) is 21.6 Å². The predicted octanol–water partition coefficient (Wildman–Crippen LogP) is 2.60. The van der Waals surface area contributed by atoms with Crippen LogP contribution in [0.1, 0.15) is 18.3 Å². The van der Waals surface area contributed by atoms with Crippen molar-refractivity contribution in [2.24, 2.45) is 5.92 Å². The molecule has 0 bridgehead atoms. The first-order valence-electron chi connectivity index (χ1n) is 5.75. The molecule has 0 N–H and O–H groups in total. The van der Waals surface area contributed by atoms with Crippen molar-refractivity contribution >= 4 is 33.9 Å². The number of carbonyl (C=O) groups is 1. The molecule has 1 atom stereocenters. The molecule has 0 aliphatic carbocycles. The van der Waals surface area contributed by atoms with E-state index >= 15 is 0 Å². The number of fused-ring (bicyclic) bond motifs is 1. The molecular weight excluding hydrogens is 286 g/mol. The Balaban J connectivity index is 2.34. The number of imidazole rings is 1. The van der Waals surface area contributed by atoms with Gasteiger partial charge in [0.05, 0.1) is 18.4 Å². The van der Waals surface area contributed by atoms with E-state index in [9.17, 15) is 4.79 Å². The van der Waals surface area contributed by atoms with E-state index in [1.807, 2.05) is 22.8 Å². The molecule has 2 heterocycles. The minimum atomic E-state index is -0.864. The maximum atomic E-state index is 11.7. The second kappa shape index (κ2) is 5.59. The van der Waals surface area contributed by atoms with Gasteiger partial charge in [0.25, 0.3) is 0 Å². The van der Waals surface area contributed by atoms with Crippen molar-refractivity contribution in [3.8, 4) is 6.07 Å². The van der Waals surface area contributed by atoms with Gasteiger partial charge in [-0.1, -0.05) is 11.6 Å². The first-order valence-corrected chi connectivity index (χ1v) is 7.01. The Morgan fingerprint density at radius 2 is 2.47 bits per heavy atom. The molecule has 0 aliphatic heterocycles. The van der Waals surface area contributed by atoms with Crippen molar-refractivity contribution in [1.82, 2.24) is 9.38 Å². The molecule has 7 heteroatoms. The van der Waals surface area contributed by atoms with Gasteiger partial charge in [-0.3, -0.25) is 9.20 Å². The van der Waals surface area contributed by atoms with Crippen molar-refractivity contribution < 1.29 is 9.53 Å². The number of halogens is 1. The number of carbonyl (C=O) groups excluding carboxylic acids is 1. The third kappa shape index (κ3) is 2.57. The molecule has 5 nitrogen and oxygen atoms in total. The molecule has 1 unspecified atom stereocenters. The highest BCUT2D eigenvalue weighted by Crippen LogP contribution is 2.26. The monoisotopic (exact) mass is 297 g/mol. The maximum absolute atomic E-state index is 11.7. The number of hydrogen-bond donors (Lipinski definition) is 0. The van der Waals surface area contributed by atoms with E-state index in [1.54, 1.807) is 6.92 Å². The second-order valence-electron chi connectivity index (χ2n) is 3.98. The average Bonchev–Trinajstić information content (AvgIpc) is 2.87. The van der Waals surface area contributed by atoms with Gasteiger partial charge >= 0.3 is 5.97 Å². The molecule has 0 fully saturated rings. The zero-order chi connectivity index (χ0) is 14.0. The number of ether oxygens (including phenoxy) is 1. The number of nitrogens with zero attached hydrogens (tertiary/aromatic N) is 3. The zero-order valence-corrected chi connectivity index (χ0v) is 12.1. The SMILES string of the molecule is CCOC(=O)C(C#N)Cc1c(Cl)nc2scc(C)n12. The van der Waals surface area contributed by atoms with Gasteiger partial charge in [-0.05, 0) is 13.8 Å². The van der Waals surface area contributed by atoms with Crippen LogP contribution in [-0.2, 0) is 16.0 Å². The van der Waals surface area contributed by atoms with Crippen LogP contribution in [-0.4, -0.2) is 22.0 Å². The summed E-state index contributed by atoms with van der Waals surface area (Å²) >= 11 is 7.55. The van der Waals surface area contributed by atoms with Crippen LogP contribution < -0.4 is 0 Å². The van der Waals surface area contributed by atoms with Crippen LogP contribution in [0, 0.1) is 24.2 Å². The molecule has 0 radical (unpaired) electrons. The molecular formula is C12H12ClN3O2S. The fourth-order valence-corrected chi connectivity index (χ4v) is 3.01. The summed E-state index contributed by atoms with van der Waals surface area (Å²) in [5.41, 5.74) is 1.66. The minimum Gasteiger partial charge on any atom is -0.465 e. The van der Waals surface area contributed by atoms with Crippen LogP contribution in [0.2, 0.25) is 5.15 Å². The highest BCUT2D eigenvalue weighted by molar-refractivity contribution is 7.15. The van der Waals surface area contributed by atoms with E-state index in [2.05, 4.69) is 4.98 Å². The summed E-state index contributed by atoms with van der Waals surface area (Å²) in [6.07, 6.45) is 0.201. The Bertz CT molecular complexity index is 656. The van der Waals surface area contributed by atoms with Crippen LogP contribution in [0.25, 0.3) is 4.96 Å². The number of aromatic nitrogens is 2. The van der Waals surface area contributed by atoms with E-state index < -0.39 is 11.9 Å². The number of aryl methyl sites for hydroxylation is 1. The van der Waals surface area contributed by atoms with Gasteiger partial charge < -0.3 is 4.74 Å². The summed E-state index contributed by atoms with van der Waals surface area (Å²) in [4.78, 5) is 16.6. The molecule has 0 spiro atoms. The first kappa shape index (κ1) is 13.8. The fourth-order valence-electron chi connectivity index (χ4n) is 1.83. The number of hydrogen-bond acceptors (Lipinski definition) is 5. The van der Waals surface area contributed by atoms with Crippen molar-refractivity contribution in [2.45, 2.75) is 20.3 Å². The summed E-state index contributed by atoms with van der Waals surface area (Å²) in [7, 11) is 0. The standard InChI is InChI=1S/C12H12ClN3O2S/c1-3-18-11(17)8(5-14)4-9-10(13)15-12-16(9)7(2)6-19-12/h6,8H,3-4H2,1-2H3. The molecule has 0 aliphatic rings. The normalized spacial score (nSPS) is 12.3. The van der Waals surface area contributed by atoms with Gasteiger partial charge in [0, 0.05) is 17.5 Å². The van der Waals surface area contributed by atoms with Gasteiger partial charge in [-0.15, -0.1) is 11.3 Å². The summed E-state index contributed by atoms with van der Waals surface area (Å²) in [5.74, 6) is -1.39. The molecule has 2 rings (SSSR count). The summed E-state index contributed by atoms with van der Waals surface area (Å²) in [6, 6.07) is 1.96. The number of esters is 1. The van der Waals surface area contributed by atoms with E-state index in [-0.39, 0.29) is 13.0 Å². The number of rotatable bonds is 4. The minimum absolute atomic E-state index is 0.201. The lowest BCUT2D eigenvalue weighted by atomic mass is 10.1. The van der Waals surface area contributed by atoms with Crippen LogP contribution in [0.5, 0.6) is 0 Å². The third-order valence-electron chi connectivity index (χ3n) is 2.71. The van der Waals surface area contributed by atoms with Gasteiger partial charge in [0.15, 0.2) is 10.1 Å². The molecule has 0 saturated carbocycles. The van der Waals surface area contributed by atoms with Gasteiger partial charge in [-0.2, -0.15) is 5.26 Å². The lowest BCUT2D eigenvalue weighted by molar-refractivity contribution is -0.145. The summed E-state index contributed by atoms with van der Waals surface area (Å²) in [5, 5.41) is 11.4. The lowest BCUT2D eigenvalue weighted by Gasteiger charge is -2.08. The summed E-state index contributed by atoms with van der Waals surface area (Å²) < 4.78 is 6.75. The van der Waals surface area contributed by atoms with Gasteiger partial charge in [0.1, 0.15) is 5.92 Å². The van der Waals surface area contributed by atoms with Crippen LogP contribution in [0.3, 0.4) is 0 Å². The van der Waals surface area contributed by atoms with E-state index in [0.29, 0.717) is 10.8 Å². The molecule has 0 aromatic carbocycles. The average molecular weight is 298 g/mol. The van der Waals surface area contributed by atoms with Crippen LogP contribution >= 0.6 is 22.9 Å². The van der Waals surface area contributed by atoms with Crippen molar-refractivity contribution in [1.29, 1.82) is 5.26 Å². The Labute approximate surface area is 119 Å². The molecule has 100 valence electrons. The molecule has 2 aromatic heterocycles. The van der Waals surface area contributed by atoms with Gasteiger partial charge in [-0.25, -0.2) is 4.98 Å². The molecule has 0 saturated heterocycles. The number of thiazole rings is 1. The van der Waals surface area contributed by atoms with E-state index in [1.165, 1.54) is 11.3 Å². The van der Waals surface area contributed by atoms with Gasteiger partial charge in [0.2, 0.25) is 0 Å². The molecule has 0 amide bonds. The van der Waals surface area contributed by atoms with Crippen molar-refractivity contribution in [3.63, 3.8) is 0 Å². The number of nitriles is 1. The Morgan fingerprint density at radius 1 is 1.74 bits per heavy atom. The first-order chi connectivity index (χ1) is 9.08. The van der Waals surface area contributed by atoms with Crippen LogP contribution in [0.4, 0.5) is 0 Å². The maximum Gasteiger partial charge on any atom is 0.323 e. The zero-order valence-electron chi connectivity index (χ0n) is 10.5. The highest BCUT2D eigenvalue weighted by atomic mass is 35.5. The highest BCUT2D eigenvalue weighted by Gasteiger charge is 2.24. The van der Waals surface area contributed by atoms with Crippen molar-refractivity contribution in [2.75, 3.05) is 6.61 Å². The summed E-state index contributed by atoms with van der Waals surface area (Å²) in [6.45, 7) is 3.89. The molecule has 19 heavy (non-hydrogen) atoms. The Morgan fingerprint density at radius 3 is 3.11 bits per heavy atom. The predicted molar refractivity (Wildman–Crippen MR) is 72.3 cm³/mol. The van der Waals surface area contributed by atoms with Crippen LogP contribution in [0.15, 0.2) is 5.38 Å².